The second kappa shape index (κ2) is 5.69. The molecule has 0 amide bonds. The standard InChI is InChI=1S/C13H11F3N4S/c1-7-6-21-12(18-7)8(2)19-11-9(5-17)3-4-10(20-11)13(14,15)16/h3-4,6,8H,1-2H3,(H,19,20). The normalized spacial score (nSPS) is 12.8. The zero-order valence-corrected chi connectivity index (χ0v) is 12.0. The quantitative estimate of drug-likeness (QED) is 0.933. The first-order valence-corrected chi connectivity index (χ1v) is 6.86. The summed E-state index contributed by atoms with van der Waals surface area (Å²) in [5.41, 5.74) is -0.143. The largest absolute Gasteiger partial charge is 0.433 e. The molecule has 2 rings (SSSR count). The molecule has 0 aliphatic heterocycles. The van der Waals surface area contributed by atoms with Gasteiger partial charge in [0, 0.05) is 11.1 Å². The predicted octanol–water partition coefficient (Wildman–Crippen LogP) is 3.91. The maximum Gasteiger partial charge on any atom is 0.433 e. The number of anilines is 1. The second-order valence-corrected chi connectivity index (χ2v) is 5.29. The molecule has 0 aliphatic carbocycles. The van der Waals surface area contributed by atoms with Gasteiger partial charge in [-0.25, -0.2) is 9.97 Å². The van der Waals surface area contributed by atoms with Crippen LogP contribution in [0.25, 0.3) is 0 Å². The van der Waals surface area contributed by atoms with Gasteiger partial charge in [-0.2, -0.15) is 18.4 Å². The Labute approximate surface area is 123 Å². The van der Waals surface area contributed by atoms with E-state index in [0.29, 0.717) is 0 Å². The summed E-state index contributed by atoms with van der Waals surface area (Å²) in [5.74, 6) is -0.0901. The number of nitriles is 1. The van der Waals surface area contributed by atoms with Crippen LogP contribution in [0.5, 0.6) is 0 Å². The van der Waals surface area contributed by atoms with Crippen molar-refractivity contribution < 1.29 is 13.2 Å². The van der Waals surface area contributed by atoms with Crippen molar-refractivity contribution in [2.45, 2.75) is 26.1 Å². The number of aryl methyl sites for hydroxylation is 1. The molecule has 2 aromatic rings. The Kier molecular flexibility index (Phi) is 4.14. The summed E-state index contributed by atoms with van der Waals surface area (Å²) in [6.45, 7) is 3.58. The van der Waals surface area contributed by atoms with E-state index in [-0.39, 0.29) is 17.4 Å². The third-order valence-corrected chi connectivity index (χ3v) is 3.81. The van der Waals surface area contributed by atoms with Crippen LogP contribution in [0.1, 0.15) is 34.9 Å². The van der Waals surface area contributed by atoms with E-state index in [1.165, 1.54) is 11.3 Å². The number of nitrogens with one attached hydrogen (secondary N) is 1. The molecule has 0 radical (unpaired) electrons. The van der Waals surface area contributed by atoms with Crippen LogP contribution in [0, 0.1) is 18.3 Å². The minimum absolute atomic E-state index is 0.0585. The highest BCUT2D eigenvalue weighted by molar-refractivity contribution is 7.09. The number of aromatic nitrogens is 2. The Hall–Kier alpha value is -2.14. The van der Waals surface area contributed by atoms with Crippen molar-refractivity contribution >= 4 is 17.2 Å². The number of thiazole rings is 1. The van der Waals surface area contributed by atoms with E-state index in [0.717, 1.165) is 22.8 Å². The van der Waals surface area contributed by atoms with Gasteiger partial charge in [0.05, 0.1) is 11.6 Å². The fraction of sp³-hybridized carbons (Fsp3) is 0.308. The van der Waals surface area contributed by atoms with Gasteiger partial charge >= 0.3 is 6.18 Å². The molecular weight excluding hydrogens is 301 g/mol. The molecule has 2 aromatic heterocycles. The van der Waals surface area contributed by atoms with Gasteiger partial charge < -0.3 is 5.32 Å². The highest BCUT2D eigenvalue weighted by Crippen LogP contribution is 2.30. The summed E-state index contributed by atoms with van der Waals surface area (Å²) < 4.78 is 38.1. The zero-order chi connectivity index (χ0) is 15.6. The smallest absolute Gasteiger partial charge is 0.360 e. The van der Waals surface area contributed by atoms with Gasteiger partial charge in [0.2, 0.25) is 0 Å². The van der Waals surface area contributed by atoms with Gasteiger partial charge in [-0.05, 0) is 26.0 Å². The van der Waals surface area contributed by atoms with Crippen LogP contribution < -0.4 is 5.32 Å². The second-order valence-electron chi connectivity index (χ2n) is 4.40. The summed E-state index contributed by atoms with van der Waals surface area (Å²) in [5, 5.41) is 14.4. The van der Waals surface area contributed by atoms with Crippen LogP contribution in [-0.2, 0) is 6.18 Å². The fourth-order valence-electron chi connectivity index (χ4n) is 1.66. The van der Waals surface area contributed by atoms with Gasteiger partial charge in [0.1, 0.15) is 22.6 Å². The average Bonchev–Trinajstić information content (AvgIpc) is 2.84. The van der Waals surface area contributed by atoms with Crippen LogP contribution in [0.2, 0.25) is 0 Å². The SMILES string of the molecule is Cc1csc(C(C)Nc2nc(C(F)(F)F)ccc2C#N)n1. The minimum atomic E-state index is -4.55. The van der Waals surface area contributed by atoms with Gasteiger partial charge in [0.25, 0.3) is 0 Å². The van der Waals surface area contributed by atoms with Crippen molar-refractivity contribution in [1.29, 1.82) is 5.26 Å². The molecule has 0 aliphatic rings. The van der Waals surface area contributed by atoms with Crippen LogP contribution in [-0.4, -0.2) is 9.97 Å². The number of alkyl halides is 3. The number of hydrogen-bond donors (Lipinski definition) is 1. The number of pyridine rings is 1. The minimum Gasteiger partial charge on any atom is -0.360 e. The molecule has 0 bridgehead atoms. The molecule has 110 valence electrons. The first-order valence-electron chi connectivity index (χ1n) is 5.98. The fourth-order valence-corrected chi connectivity index (χ4v) is 2.46. The maximum absolute atomic E-state index is 12.7. The summed E-state index contributed by atoms with van der Waals surface area (Å²) in [6.07, 6.45) is -4.55. The number of hydrogen-bond acceptors (Lipinski definition) is 5. The molecule has 2 heterocycles. The summed E-state index contributed by atoms with van der Waals surface area (Å²) in [7, 11) is 0. The Bertz CT molecular complexity index is 687. The first kappa shape index (κ1) is 15.3. The number of rotatable bonds is 3. The highest BCUT2D eigenvalue weighted by atomic mass is 32.1. The number of nitrogens with zero attached hydrogens (tertiary/aromatic N) is 3. The van der Waals surface area contributed by atoms with E-state index in [2.05, 4.69) is 15.3 Å². The highest BCUT2D eigenvalue weighted by Gasteiger charge is 2.33. The van der Waals surface area contributed by atoms with Crippen molar-refractivity contribution in [3.05, 3.63) is 39.5 Å². The van der Waals surface area contributed by atoms with E-state index in [9.17, 15) is 13.2 Å². The molecule has 0 aromatic carbocycles. The molecule has 0 saturated carbocycles. The van der Waals surface area contributed by atoms with Crippen LogP contribution in [0.4, 0.5) is 19.0 Å². The maximum atomic E-state index is 12.7. The van der Waals surface area contributed by atoms with Crippen molar-refractivity contribution in [3.8, 4) is 6.07 Å². The molecule has 1 atom stereocenters. The van der Waals surface area contributed by atoms with Crippen molar-refractivity contribution in [1.82, 2.24) is 9.97 Å². The molecule has 0 spiro atoms. The Morgan fingerprint density at radius 3 is 2.57 bits per heavy atom. The monoisotopic (exact) mass is 312 g/mol. The molecule has 1 N–H and O–H groups in total. The zero-order valence-electron chi connectivity index (χ0n) is 11.2. The van der Waals surface area contributed by atoms with Crippen LogP contribution in [0.3, 0.4) is 0 Å². The van der Waals surface area contributed by atoms with Gasteiger partial charge in [-0.3, -0.25) is 0 Å². The third-order valence-electron chi connectivity index (χ3n) is 2.67. The van der Waals surface area contributed by atoms with Crippen LogP contribution in [0.15, 0.2) is 17.5 Å². The average molecular weight is 312 g/mol. The molecule has 8 heteroatoms. The van der Waals surface area contributed by atoms with Gasteiger partial charge in [0.15, 0.2) is 0 Å². The van der Waals surface area contributed by atoms with Crippen molar-refractivity contribution in [2.24, 2.45) is 0 Å². The van der Waals surface area contributed by atoms with Crippen LogP contribution >= 0.6 is 11.3 Å². The summed E-state index contributed by atoms with van der Waals surface area (Å²) in [4.78, 5) is 7.76. The van der Waals surface area contributed by atoms with E-state index in [1.54, 1.807) is 6.92 Å². The Morgan fingerprint density at radius 2 is 2.05 bits per heavy atom. The van der Waals surface area contributed by atoms with Gasteiger partial charge in [-0.1, -0.05) is 0 Å². The van der Waals surface area contributed by atoms with Gasteiger partial charge in [-0.15, -0.1) is 11.3 Å². The lowest BCUT2D eigenvalue weighted by Crippen LogP contribution is -2.13. The molecular formula is C13H11F3N4S. The number of halogens is 3. The Morgan fingerprint density at radius 1 is 1.33 bits per heavy atom. The predicted molar refractivity (Wildman–Crippen MR) is 72.8 cm³/mol. The lowest BCUT2D eigenvalue weighted by molar-refractivity contribution is -0.141. The molecule has 21 heavy (non-hydrogen) atoms. The first-order chi connectivity index (χ1) is 9.81. The molecule has 0 fully saturated rings. The van der Waals surface area contributed by atoms with E-state index in [1.807, 2.05) is 18.4 Å². The third kappa shape index (κ3) is 3.49. The van der Waals surface area contributed by atoms with Crippen molar-refractivity contribution in [2.75, 3.05) is 5.32 Å². The summed E-state index contributed by atoms with van der Waals surface area (Å²) >= 11 is 1.39. The lowest BCUT2D eigenvalue weighted by atomic mass is 10.2. The lowest BCUT2D eigenvalue weighted by Gasteiger charge is -2.15. The topological polar surface area (TPSA) is 61.6 Å². The summed E-state index contributed by atoms with van der Waals surface area (Å²) in [6, 6.07) is 3.39. The van der Waals surface area contributed by atoms with E-state index >= 15 is 0 Å². The van der Waals surface area contributed by atoms with E-state index in [4.69, 9.17) is 5.26 Å². The van der Waals surface area contributed by atoms with Crippen molar-refractivity contribution in [3.63, 3.8) is 0 Å². The molecule has 4 nitrogen and oxygen atoms in total. The molecule has 0 saturated heterocycles. The Balaban J connectivity index is 2.32. The van der Waals surface area contributed by atoms with E-state index < -0.39 is 11.9 Å². The molecule has 1 unspecified atom stereocenters.